The molecular weight excluding hydrogens is 294 g/mol. The Morgan fingerprint density at radius 2 is 2.09 bits per heavy atom. The number of benzene rings is 1. The van der Waals surface area contributed by atoms with E-state index >= 15 is 0 Å². The summed E-state index contributed by atoms with van der Waals surface area (Å²) in [6, 6.07) is 7.96. The second kappa shape index (κ2) is 4.91. The van der Waals surface area contributed by atoms with E-state index in [9.17, 15) is 0 Å². The first kappa shape index (κ1) is 13.3. The summed E-state index contributed by atoms with van der Waals surface area (Å²) in [5.41, 5.74) is 2.26. The van der Waals surface area contributed by atoms with Gasteiger partial charge >= 0.3 is 0 Å². The first-order chi connectivity index (χ1) is 11.3. The van der Waals surface area contributed by atoms with Crippen molar-refractivity contribution in [1.82, 2.24) is 9.97 Å². The van der Waals surface area contributed by atoms with Gasteiger partial charge in [0.2, 0.25) is 0 Å². The van der Waals surface area contributed by atoms with Crippen LogP contribution >= 0.6 is 0 Å². The average molecular weight is 311 g/mol. The van der Waals surface area contributed by atoms with Crippen molar-refractivity contribution in [2.24, 2.45) is 0 Å². The molecule has 3 aromatic rings. The molecule has 2 fully saturated rings. The summed E-state index contributed by atoms with van der Waals surface area (Å²) in [6.45, 7) is 3.66. The van der Waals surface area contributed by atoms with Gasteiger partial charge in [-0.15, -0.1) is 0 Å². The number of ether oxygens (including phenoxy) is 2. The van der Waals surface area contributed by atoms with Crippen LogP contribution in [-0.2, 0) is 9.47 Å². The van der Waals surface area contributed by atoms with E-state index in [0.717, 1.165) is 54.0 Å². The van der Waals surface area contributed by atoms with Crippen LogP contribution in [0.2, 0.25) is 0 Å². The third kappa shape index (κ3) is 2.02. The summed E-state index contributed by atoms with van der Waals surface area (Å²) in [5, 5.41) is 1.03. The summed E-state index contributed by atoms with van der Waals surface area (Å²) in [4.78, 5) is 11.2. The van der Waals surface area contributed by atoms with Gasteiger partial charge in [-0.25, -0.2) is 9.97 Å². The molecule has 2 aliphatic rings. The zero-order valence-electron chi connectivity index (χ0n) is 12.7. The Bertz CT molecular complexity index is 870. The molecule has 1 spiro atoms. The van der Waals surface area contributed by atoms with Crippen molar-refractivity contribution in [3.8, 4) is 0 Å². The molecule has 1 atom stereocenters. The van der Waals surface area contributed by atoms with Crippen molar-refractivity contribution in [3.63, 3.8) is 0 Å². The van der Waals surface area contributed by atoms with E-state index in [4.69, 9.17) is 13.9 Å². The van der Waals surface area contributed by atoms with Crippen molar-refractivity contribution in [3.05, 3.63) is 30.6 Å². The van der Waals surface area contributed by atoms with E-state index in [1.54, 1.807) is 6.33 Å². The Morgan fingerprint density at radius 1 is 1.13 bits per heavy atom. The van der Waals surface area contributed by atoms with Gasteiger partial charge in [0.05, 0.1) is 19.8 Å². The van der Waals surface area contributed by atoms with Gasteiger partial charge in [0.15, 0.2) is 11.4 Å². The maximum atomic E-state index is 6.05. The van der Waals surface area contributed by atoms with Crippen LogP contribution in [0, 0.1) is 0 Å². The molecule has 0 amide bonds. The molecule has 2 saturated heterocycles. The highest BCUT2D eigenvalue weighted by Gasteiger charge is 2.41. The zero-order valence-corrected chi connectivity index (χ0v) is 12.7. The minimum atomic E-state index is -0.207. The van der Waals surface area contributed by atoms with Gasteiger partial charge < -0.3 is 18.8 Å². The Morgan fingerprint density at radius 3 is 3.00 bits per heavy atom. The maximum Gasteiger partial charge on any atom is 0.196 e. The monoisotopic (exact) mass is 311 g/mol. The fourth-order valence-electron chi connectivity index (χ4n) is 3.59. The summed E-state index contributed by atoms with van der Waals surface area (Å²) in [5.74, 6) is 0.848. The lowest BCUT2D eigenvalue weighted by Gasteiger charge is -2.39. The topological polar surface area (TPSA) is 60.6 Å². The fraction of sp³-hybridized carbons (Fsp3) is 0.412. The molecule has 4 heterocycles. The molecule has 6 heteroatoms. The number of aromatic nitrogens is 2. The summed E-state index contributed by atoms with van der Waals surface area (Å²) < 4.78 is 17.6. The quantitative estimate of drug-likeness (QED) is 0.687. The highest BCUT2D eigenvalue weighted by molar-refractivity contribution is 6.05. The van der Waals surface area contributed by atoms with Crippen LogP contribution in [0.15, 0.2) is 35.0 Å². The van der Waals surface area contributed by atoms with Crippen LogP contribution in [0.3, 0.4) is 0 Å². The number of para-hydroxylation sites is 1. The lowest BCUT2D eigenvalue weighted by Crippen LogP contribution is -2.52. The molecule has 0 saturated carbocycles. The summed E-state index contributed by atoms with van der Waals surface area (Å²) in [6.07, 6.45) is 2.55. The first-order valence-electron chi connectivity index (χ1n) is 7.94. The number of rotatable bonds is 1. The molecule has 0 aliphatic carbocycles. The number of furan rings is 1. The predicted molar refractivity (Wildman–Crippen MR) is 85.6 cm³/mol. The molecule has 1 unspecified atom stereocenters. The Kier molecular flexibility index (Phi) is 2.83. The van der Waals surface area contributed by atoms with E-state index in [1.807, 2.05) is 24.3 Å². The van der Waals surface area contributed by atoms with Gasteiger partial charge in [-0.05, 0) is 12.1 Å². The van der Waals surface area contributed by atoms with Crippen LogP contribution in [0.4, 0.5) is 5.82 Å². The van der Waals surface area contributed by atoms with Crippen LogP contribution < -0.4 is 4.90 Å². The van der Waals surface area contributed by atoms with Gasteiger partial charge in [0.1, 0.15) is 23.0 Å². The van der Waals surface area contributed by atoms with Crippen LogP contribution in [0.25, 0.3) is 22.1 Å². The number of morpholine rings is 1. The van der Waals surface area contributed by atoms with Gasteiger partial charge in [0.25, 0.3) is 0 Å². The number of fused-ring (bicyclic) bond motifs is 3. The highest BCUT2D eigenvalue weighted by atomic mass is 16.6. The molecule has 0 radical (unpaired) electrons. The summed E-state index contributed by atoms with van der Waals surface area (Å²) in [7, 11) is 0. The molecule has 1 aromatic carbocycles. The van der Waals surface area contributed by atoms with Gasteiger partial charge in [-0.3, -0.25) is 0 Å². The number of hydrogen-bond acceptors (Lipinski definition) is 6. The molecule has 0 N–H and O–H groups in total. The normalized spacial score (nSPS) is 25.0. The van der Waals surface area contributed by atoms with Crippen molar-refractivity contribution in [1.29, 1.82) is 0 Å². The van der Waals surface area contributed by atoms with Gasteiger partial charge in [0, 0.05) is 25.0 Å². The predicted octanol–water partition coefficient (Wildman–Crippen LogP) is 2.37. The molecule has 2 aliphatic heterocycles. The van der Waals surface area contributed by atoms with E-state index in [1.165, 1.54) is 0 Å². The van der Waals surface area contributed by atoms with Crippen LogP contribution in [-0.4, -0.2) is 48.5 Å². The molecule has 118 valence electrons. The van der Waals surface area contributed by atoms with Crippen molar-refractivity contribution < 1.29 is 13.9 Å². The largest absolute Gasteiger partial charge is 0.450 e. The Balaban J connectivity index is 1.62. The molecule has 2 aromatic heterocycles. The van der Waals surface area contributed by atoms with Crippen LogP contribution in [0.5, 0.6) is 0 Å². The SMILES string of the molecule is c1ccc2c(c1)oc1c(N3CCOC4(CCOC4)C3)ncnc12. The third-order valence-corrected chi connectivity index (χ3v) is 4.75. The third-order valence-electron chi connectivity index (χ3n) is 4.75. The van der Waals surface area contributed by atoms with Crippen LogP contribution in [0.1, 0.15) is 6.42 Å². The van der Waals surface area contributed by atoms with Gasteiger partial charge in [-0.1, -0.05) is 12.1 Å². The lowest BCUT2D eigenvalue weighted by molar-refractivity contribution is -0.0580. The van der Waals surface area contributed by atoms with Crippen molar-refractivity contribution >= 4 is 27.9 Å². The highest BCUT2D eigenvalue weighted by Crippen LogP contribution is 2.35. The first-order valence-corrected chi connectivity index (χ1v) is 7.94. The second-order valence-electron chi connectivity index (χ2n) is 6.23. The molecule has 5 rings (SSSR count). The summed E-state index contributed by atoms with van der Waals surface area (Å²) >= 11 is 0. The minimum Gasteiger partial charge on any atom is -0.450 e. The van der Waals surface area contributed by atoms with E-state index < -0.39 is 0 Å². The number of anilines is 1. The second-order valence-corrected chi connectivity index (χ2v) is 6.23. The van der Waals surface area contributed by atoms with Gasteiger partial charge in [-0.2, -0.15) is 0 Å². The standard InChI is InChI=1S/C17H17N3O3/c1-2-4-13-12(3-1)14-15(23-13)16(19-11-18-14)20-6-8-22-17(9-20)5-7-21-10-17/h1-4,11H,5-10H2. The van der Waals surface area contributed by atoms with E-state index in [0.29, 0.717) is 13.2 Å². The molecule has 23 heavy (non-hydrogen) atoms. The Labute approximate surface area is 133 Å². The average Bonchev–Trinajstić information content (AvgIpc) is 3.19. The lowest BCUT2D eigenvalue weighted by atomic mass is 10.0. The van der Waals surface area contributed by atoms with Crippen molar-refractivity contribution in [2.45, 2.75) is 12.0 Å². The Hall–Kier alpha value is -2.18. The fourth-order valence-corrected chi connectivity index (χ4v) is 3.59. The molecule has 6 nitrogen and oxygen atoms in total. The molecular formula is C17H17N3O3. The molecule has 0 bridgehead atoms. The van der Waals surface area contributed by atoms with Crippen molar-refractivity contribution in [2.75, 3.05) is 37.8 Å². The zero-order chi connectivity index (χ0) is 15.3. The van der Waals surface area contributed by atoms with E-state index in [-0.39, 0.29) is 5.60 Å². The smallest absolute Gasteiger partial charge is 0.196 e. The number of nitrogens with zero attached hydrogens (tertiary/aromatic N) is 3. The van der Waals surface area contributed by atoms with E-state index in [2.05, 4.69) is 14.9 Å². The number of hydrogen-bond donors (Lipinski definition) is 0. The maximum absolute atomic E-state index is 6.05. The minimum absolute atomic E-state index is 0.207.